The highest BCUT2D eigenvalue weighted by Crippen LogP contribution is 2.05. The molecular weight excluding hydrogens is 163 g/mol. The van der Waals surface area contributed by atoms with E-state index in [-0.39, 0.29) is 6.61 Å². The van der Waals surface area contributed by atoms with Crippen molar-refractivity contribution in [1.29, 1.82) is 0 Å². The van der Waals surface area contributed by atoms with Crippen LogP contribution in [-0.2, 0) is 9.53 Å². The van der Waals surface area contributed by atoms with Gasteiger partial charge in [0.25, 0.3) is 0 Å². The van der Waals surface area contributed by atoms with Crippen molar-refractivity contribution >= 4 is 5.97 Å². The van der Waals surface area contributed by atoms with Crippen LogP contribution in [0.15, 0.2) is 12.4 Å². The second-order valence-corrected chi connectivity index (χ2v) is 2.40. The number of halogens is 1. The van der Waals surface area contributed by atoms with E-state index in [1.54, 1.807) is 0 Å². The van der Waals surface area contributed by atoms with Crippen molar-refractivity contribution in [3.63, 3.8) is 0 Å². The van der Waals surface area contributed by atoms with Crippen LogP contribution in [0, 0.1) is 0 Å². The van der Waals surface area contributed by atoms with Gasteiger partial charge in [0.05, 0.1) is 6.61 Å². The summed E-state index contributed by atoms with van der Waals surface area (Å²) in [4.78, 5) is 10.6. The SMILES string of the molecule is C=C(F)C(=O)OC(CO)CCC. The van der Waals surface area contributed by atoms with Crippen molar-refractivity contribution in [2.75, 3.05) is 6.61 Å². The Morgan fingerprint density at radius 2 is 2.33 bits per heavy atom. The van der Waals surface area contributed by atoms with E-state index in [1.165, 1.54) is 0 Å². The Hall–Kier alpha value is -0.900. The Labute approximate surface area is 70.8 Å². The molecule has 0 aromatic heterocycles. The Kier molecular flexibility index (Phi) is 5.28. The molecule has 1 N–H and O–H groups in total. The van der Waals surface area contributed by atoms with Gasteiger partial charge < -0.3 is 9.84 Å². The molecular formula is C8H13FO3. The van der Waals surface area contributed by atoms with Gasteiger partial charge in [-0.25, -0.2) is 4.79 Å². The number of hydrogen-bond donors (Lipinski definition) is 1. The van der Waals surface area contributed by atoms with Gasteiger partial charge in [0.1, 0.15) is 6.10 Å². The minimum Gasteiger partial charge on any atom is -0.455 e. The van der Waals surface area contributed by atoms with Crippen LogP contribution in [-0.4, -0.2) is 23.8 Å². The van der Waals surface area contributed by atoms with Gasteiger partial charge in [-0.15, -0.1) is 0 Å². The molecule has 0 fully saturated rings. The Balaban J connectivity index is 3.85. The molecule has 0 aliphatic carbocycles. The van der Waals surface area contributed by atoms with E-state index in [4.69, 9.17) is 5.11 Å². The van der Waals surface area contributed by atoms with Crippen molar-refractivity contribution < 1.29 is 19.0 Å². The third-order valence-corrected chi connectivity index (χ3v) is 1.31. The Morgan fingerprint density at radius 3 is 2.67 bits per heavy atom. The topological polar surface area (TPSA) is 46.5 Å². The maximum absolute atomic E-state index is 12.1. The van der Waals surface area contributed by atoms with E-state index >= 15 is 0 Å². The zero-order valence-corrected chi connectivity index (χ0v) is 7.05. The maximum Gasteiger partial charge on any atom is 0.366 e. The van der Waals surface area contributed by atoms with E-state index in [9.17, 15) is 9.18 Å². The molecule has 0 aliphatic heterocycles. The summed E-state index contributed by atoms with van der Waals surface area (Å²) in [6.45, 7) is 4.37. The van der Waals surface area contributed by atoms with Gasteiger partial charge in [0.15, 0.2) is 0 Å². The van der Waals surface area contributed by atoms with Crippen molar-refractivity contribution in [2.24, 2.45) is 0 Å². The highest BCUT2D eigenvalue weighted by molar-refractivity contribution is 5.85. The number of carbonyl (C=O) groups is 1. The molecule has 1 unspecified atom stereocenters. The fourth-order valence-corrected chi connectivity index (χ4v) is 0.725. The molecule has 0 radical (unpaired) electrons. The molecule has 0 rings (SSSR count). The number of rotatable bonds is 5. The van der Waals surface area contributed by atoms with Crippen LogP contribution in [0.25, 0.3) is 0 Å². The summed E-state index contributed by atoms with van der Waals surface area (Å²) >= 11 is 0. The van der Waals surface area contributed by atoms with E-state index < -0.39 is 17.9 Å². The van der Waals surface area contributed by atoms with Crippen LogP contribution in [0.1, 0.15) is 19.8 Å². The lowest BCUT2D eigenvalue weighted by Crippen LogP contribution is -2.21. The first kappa shape index (κ1) is 11.1. The van der Waals surface area contributed by atoms with Gasteiger partial charge in [-0.2, -0.15) is 4.39 Å². The van der Waals surface area contributed by atoms with Gasteiger partial charge in [0, 0.05) is 0 Å². The summed E-state index contributed by atoms with van der Waals surface area (Å²) < 4.78 is 16.6. The van der Waals surface area contributed by atoms with Crippen LogP contribution in [0.4, 0.5) is 4.39 Å². The summed E-state index contributed by atoms with van der Waals surface area (Å²) in [5.41, 5.74) is 0. The molecule has 0 bridgehead atoms. The molecule has 3 nitrogen and oxygen atoms in total. The average molecular weight is 176 g/mol. The molecule has 0 amide bonds. The molecule has 0 saturated heterocycles. The quantitative estimate of drug-likeness (QED) is 0.505. The van der Waals surface area contributed by atoms with Gasteiger partial charge >= 0.3 is 5.97 Å². The summed E-state index contributed by atoms with van der Waals surface area (Å²) in [7, 11) is 0. The van der Waals surface area contributed by atoms with E-state index in [1.807, 2.05) is 6.92 Å². The van der Waals surface area contributed by atoms with Crippen molar-refractivity contribution in [2.45, 2.75) is 25.9 Å². The van der Waals surface area contributed by atoms with E-state index in [0.717, 1.165) is 6.42 Å². The van der Waals surface area contributed by atoms with E-state index in [2.05, 4.69) is 11.3 Å². The third kappa shape index (κ3) is 4.08. The smallest absolute Gasteiger partial charge is 0.366 e. The number of ether oxygens (including phenoxy) is 1. The van der Waals surface area contributed by atoms with Gasteiger partial charge in [-0.05, 0) is 6.42 Å². The van der Waals surface area contributed by atoms with Crippen LogP contribution < -0.4 is 0 Å². The lowest BCUT2D eigenvalue weighted by molar-refractivity contribution is -0.148. The molecule has 70 valence electrons. The number of aliphatic hydroxyl groups is 1. The number of aliphatic hydroxyl groups excluding tert-OH is 1. The largest absolute Gasteiger partial charge is 0.455 e. The maximum atomic E-state index is 12.1. The standard InChI is InChI=1S/C8H13FO3/c1-3-4-7(5-10)12-8(11)6(2)9/h7,10H,2-5H2,1H3. The van der Waals surface area contributed by atoms with Gasteiger partial charge in [-0.1, -0.05) is 19.9 Å². The lowest BCUT2D eigenvalue weighted by atomic mass is 10.2. The van der Waals surface area contributed by atoms with Crippen LogP contribution >= 0.6 is 0 Å². The molecule has 0 heterocycles. The third-order valence-electron chi connectivity index (χ3n) is 1.31. The van der Waals surface area contributed by atoms with Crippen LogP contribution in [0.2, 0.25) is 0 Å². The second-order valence-electron chi connectivity index (χ2n) is 2.40. The molecule has 1 atom stereocenters. The van der Waals surface area contributed by atoms with Gasteiger partial charge in [0.2, 0.25) is 5.83 Å². The Morgan fingerprint density at radius 1 is 1.75 bits per heavy atom. The van der Waals surface area contributed by atoms with E-state index in [0.29, 0.717) is 6.42 Å². The molecule has 0 aliphatic rings. The average Bonchev–Trinajstić information content (AvgIpc) is 2.03. The number of esters is 1. The second kappa shape index (κ2) is 5.71. The van der Waals surface area contributed by atoms with Crippen LogP contribution in [0.5, 0.6) is 0 Å². The normalized spacial score (nSPS) is 12.2. The summed E-state index contributed by atoms with van der Waals surface area (Å²) in [5.74, 6) is -2.23. The first-order chi connectivity index (χ1) is 5.61. The predicted molar refractivity (Wildman–Crippen MR) is 42.1 cm³/mol. The molecule has 4 heteroatoms. The molecule has 0 spiro atoms. The monoisotopic (exact) mass is 176 g/mol. The summed E-state index contributed by atoms with van der Waals surface area (Å²) in [6, 6.07) is 0. The molecule has 12 heavy (non-hydrogen) atoms. The van der Waals surface area contributed by atoms with Crippen molar-refractivity contribution in [1.82, 2.24) is 0 Å². The Bertz CT molecular complexity index is 168. The lowest BCUT2D eigenvalue weighted by Gasteiger charge is -2.12. The minimum atomic E-state index is -1.13. The summed E-state index contributed by atoms with van der Waals surface area (Å²) in [5, 5.41) is 8.66. The van der Waals surface area contributed by atoms with Gasteiger partial charge in [-0.3, -0.25) is 0 Å². The fourth-order valence-electron chi connectivity index (χ4n) is 0.725. The number of hydrogen-bond acceptors (Lipinski definition) is 3. The first-order valence-corrected chi connectivity index (χ1v) is 3.78. The highest BCUT2D eigenvalue weighted by atomic mass is 19.1. The zero-order valence-electron chi connectivity index (χ0n) is 7.05. The van der Waals surface area contributed by atoms with Crippen LogP contribution in [0.3, 0.4) is 0 Å². The molecule has 0 aromatic rings. The molecule has 0 saturated carbocycles. The minimum absolute atomic E-state index is 0.285. The van der Waals surface area contributed by atoms with Crippen molar-refractivity contribution in [3.05, 3.63) is 12.4 Å². The fraction of sp³-hybridized carbons (Fsp3) is 0.625. The van der Waals surface area contributed by atoms with Crippen molar-refractivity contribution in [3.8, 4) is 0 Å². The molecule has 0 aromatic carbocycles. The predicted octanol–water partition coefficient (Wildman–Crippen LogP) is 1.17. The number of carbonyl (C=O) groups excluding carboxylic acids is 1. The zero-order chi connectivity index (χ0) is 9.56. The first-order valence-electron chi connectivity index (χ1n) is 3.78. The highest BCUT2D eigenvalue weighted by Gasteiger charge is 2.14. The summed E-state index contributed by atoms with van der Waals surface area (Å²) in [6.07, 6.45) is 0.669.